The number of aryl methyl sites for hydroxylation is 1. The molecule has 1 amide bonds. The number of benzene rings is 1. The lowest BCUT2D eigenvalue weighted by Gasteiger charge is -2.17. The third-order valence-corrected chi connectivity index (χ3v) is 4.44. The van der Waals surface area contributed by atoms with E-state index in [9.17, 15) is 9.59 Å². The van der Waals surface area contributed by atoms with Crippen molar-refractivity contribution in [3.8, 4) is 0 Å². The molecule has 0 spiro atoms. The standard InChI is InChI=1S/C17H19N7O2/c1-22-17(26)19-15(21-22)16(25)23-8-7-14-18-13(20-24(14)10-9-23)11-12-5-3-2-4-6-12/h2-6H,7-11H2,1H3,(H,19,21,26). The number of hydrogen-bond acceptors (Lipinski definition) is 5. The van der Waals surface area contributed by atoms with Crippen LogP contribution in [-0.4, -0.2) is 53.4 Å². The molecule has 1 aromatic carbocycles. The molecular formula is C17H19N7O2. The quantitative estimate of drug-likeness (QED) is 0.713. The van der Waals surface area contributed by atoms with E-state index < -0.39 is 5.69 Å². The molecule has 3 aromatic rings. The van der Waals surface area contributed by atoms with Crippen molar-refractivity contribution in [1.82, 2.24) is 34.4 Å². The summed E-state index contributed by atoms with van der Waals surface area (Å²) in [4.78, 5) is 32.8. The summed E-state index contributed by atoms with van der Waals surface area (Å²) in [6.45, 7) is 1.58. The van der Waals surface area contributed by atoms with E-state index in [1.54, 1.807) is 4.90 Å². The number of carbonyl (C=O) groups excluding carboxylic acids is 1. The van der Waals surface area contributed by atoms with Crippen LogP contribution in [0.4, 0.5) is 0 Å². The second-order valence-corrected chi connectivity index (χ2v) is 6.27. The zero-order valence-corrected chi connectivity index (χ0v) is 14.4. The Morgan fingerprint density at radius 3 is 2.69 bits per heavy atom. The predicted molar refractivity (Wildman–Crippen MR) is 92.7 cm³/mol. The van der Waals surface area contributed by atoms with Gasteiger partial charge in [-0.1, -0.05) is 30.3 Å². The van der Waals surface area contributed by atoms with Gasteiger partial charge in [0.05, 0.1) is 6.54 Å². The minimum Gasteiger partial charge on any atom is -0.334 e. The summed E-state index contributed by atoms with van der Waals surface area (Å²) in [7, 11) is 1.51. The summed E-state index contributed by atoms with van der Waals surface area (Å²) in [6.07, 6.45) is 1.31. The number of aromatic amines is 1. The molecule has 0 radical (unpaired) electrons. The molecule has 1 aliphatic heterocycles. The van der Waals surface area contributed by atoms with Crippen LogP contribution in [0.3, 0.4) is 0 Å². The SMILES string of the molecule is Cn1nc(C(=O)N2CCc3nc(Cc4ccccc4)nn3CC2)[nH]c1=O. The van der Waals surface area contributed by atoms with Gasteiger partial charge >= 0.3 is 5.69 Å². The highest BCUT2D eigenvalue weighted by Gasteiger charge is 2.24. The lowest BCUT2D eigenvalue weighted by Crippen LogP contribution is -2.34. The van der Waals surface area contributed by atoms with Crippen molar-refractivity contribution < 1.29 is 4.79 Å². The summed E-state index contributed by atoms with van der Waals surface area (Å²) in [5.41, 5.74) is 0.771. The molecule has 9 heteroatoms. The Balaban J connectivity index is 1.46. The fraction of sp³-hybridized carbons (Fsp3) is 0.353. The van der Waals surface area contributed by atoms with Gasteiger partial charge < -0.3 is 4.90 Å². The molecule has 0 fully saturated rings. The normalized spacial score (nSPS) is 14.1. The molecule has 26 heavy (non-hydrogen) atoms. The molecule has 1 aliphatic rings. The lowest BCUT2D eigenvalue weighted by atomic mass is 10.1. The molecule has 1 N–H and O–H groups in total. The first-order chi connectivity index (χ1) is 12.6. The topological polar surface area (TPSA) is 102 Å². The van der Waals surface area contributed by atoms with Crippen LogP contribution in [0, 0.1) is 0 Å². The Bertz CT molecular complexity index is 961. The minimum atomic E-state index is -0.400. The van der Waals surface area contributed by atoms with E-state index in [1.807, 2.05) is 22.9 Å². The second-order valence-electron chi connectivity index (χ2n) is 6.27. The highest BCUT2D eigenvalue weighted by Crippen LogP contribution is 2.11. The van der Waals surface area contributed by atoms with Gasteiger partial charge in [-0.25, -0.2) is 19.1 Å². The van der Waals surface area contributed by atoms with Crippen LogP contribution in [0.5, 0.6) is 0 Å². The first kappa shape index (κ1) is 16.2. The molecule has 2 aromatic heterocycles. The molecule has 0 saturated heterocycles. The highest BCUT2D eigenvalue weighted by atomic mass is 16.2. The number of nitrogens with one attached hydrogen (secondary N) is 1. The molecule has 0 unspecified atom stereocenters. The van der Waals surface area contributed by atoms with Crippen molar-refractivity contribution in [3.05, 3.63) is 63.9 Å². The molecule has 0 saturated carbocycles. The van der Waals surface area contributed by atoms with Gasteiger partial charge in [-0.15, -0.1) is 5.10 Å². The van der Waals surface area contributed by atoms with E-state index in [-0.39, 0.29) is 11.7 Å². The van der Waals surface area contributed by atoms with Gasteiger partial charge in [0.15, 0.2) is 5.82 Å². The predicted octanol–water partition coefficient (Wildman–Crippen LogP) is -0.0108. The average Bonchev–Trinajstić information content (AvgIpc) is 3.12. The number of rotatable bonds is 3. The molecular weight excluding hydrogens is 334 g/mol. The minimum absolute atomic E-state index is 0.0646. The van der Waals surface area contributed by atoms with E-state index in [4.69, 9.17) is 0 Å². The summed E-state index contributed by atoms with van der Waals surface area (Å²) < 4.78 is 2.99. The van der Waals surface area contributed by atoms with Crippen LogP contribution < -0.4 is 5.69 Å². The van der Waals surface area contributed by atoms with E-state index in [0.29, 0.717) is 32.5 Å². The second kappa shape index (κ2) is 6.58. The smallest absolute Gasteiger partial charge is 0.334 e. The number of amides is 1. The van der Waals surface area contributed by atoms with Crippen LogP contribution in [0.25, 0.3) is 0 Å². The van der Waals surface area contributed by atoms with Crippen LogP contribution in [0.1, 0.15) is 27.8 Å². The van der Waals surface area contributed by atoms with Crippen LogP contribution in [0.2, 0.25) is 0 Å². The molecule has 0 aliphatic carbocycles. The molecule has 4 rings (SSSR count). The van der Waals surface area contributed by atoms with Gasteiger partial charge in [-0.3, -0.25) is 9.78 Å². The van der Waals surface area contributed by atoms with E-state index in [0.717, 1.165) is 16.3 Å². The Kier molecular flexibility index (Phi) is 4.11. The summed E-state index contributed by atoms with van der Waals surface area (Å²) in [6, 6.07) is 10.1. The van der Waals surface area contributed by atoms with Crippen molar-refractivity contribution in [2.45, 2.75) is 19.4 Å². The van der Waals surface area contributed by atoms with Gasteiger partial charge in [0, 0.05) is 33.0 Å². The fourth-order valence-electron chi connectivity index (χ4n) is 3.06. The lowest BCUT2D eigenvalue weighted by molar-refractivity contribution is 0.0745. The number of aromatic nitrogens is 6. The third kappa shape index (κ3) is 3.15. The van der Waals surface area contributed by atoms with Crippen LogP contribution in [0.15, 0.2) is 35.1 Å². The summed E-state index contributed by atoms with van der Waals surface area (Å²) >= 11 is 0. The number of fused-ring (bicyclic) bond motifs is 1. The highest BCUT2D eigenvalue weighted by molar-refractivity contribution is 5.90. The Hall–Kier alpha value is -3.23. The Morgan fingerprint density at radius 2 is 1.96 bits per heavy atom. The Morgan fingerprint density at radius 1 is 1.15 bits per heavy atom. The zero-order valence-electron chi connectivity index (χ0n) is 14.4. The largest absolute Gasteiger partial charge is 0.343 e. The van der Waals surface area contributed by atoms with E-state index in [2.05, 4.69) is 32.3 Å². The molecule has 3 heterocycles. The maximum atomic E-state index is 12.5. The molecule has 0 bridgehead atoms. The Labute approximate surface area is 149 Å². The van der Waals surface area contributed by atoms with Crippen LogP contribution >= 0.6 is 0 Å². The van der Waals surface area contributed by atoms with Crippen molar-refractivity contribution >= 4 is 5.91 Å². The first-order valence-electron chi connectivity index (χ1n) is 8.49. The monoisotopic (exact) mass is 353 g/mol. The van der Waals surface area contributed by atoms with Crippen molar-refractivity contribution in [2.24, 2.45) is 7.05 Å². The number of H-pyrrole nitrogens is 1. The zero-order chi connectivity index (χ0) is 18.1. The maximum Gasteiger partial charge on any atom is 0.343 e. The van der Waals surface area contributed by atoms with Crippen LogP contribution in [-0.2, 0) is 26.4 Å². The van der Waals surface area contributed by atoms with Gasteiger partial charge in [-0.05, 0) is 5.56 Å². The van der Waals surface area contributed by atoms with E-state index >= 15 is 0 Å². The first-order valence-corrected chi connectivity index (χ1v) is 8.49. The van der Waals surface area contributed by atoms with Gasteiger partial charge in [0.25, 0.3) is 5.91 Å². The number of carbonyl (C=O) groups is 1. The van der Waals surface area contributed by atoms with Gasteiger partial charge in [0.1, 0.15) is 5.82 Å². The summed E-state index contributed by atoms with van der Waals surface area (Å²) in [5, 5.41) is 8.51. The summed E-state index contributed by atoms with van der Waals surface area (Å²) in [5.74, 6) is 1.45. The maximum absolute atomic E-state index is 12.5. The third-order valence-electron chi connectivity index (χ3n) is 4.44. The van der Waals surface area contributed by atoms with Crippen molar-refractivity contribution in [2.75, 3.05) is 13.1 Å². The fourth-order valence-corrected chi connectivity index (χ4v) is 3.06. The molecule has 134 valence electrons. The van der Waals surface area contributed by atoms with Crippen molar-refractivity contribution in [1.29, 1.82) is 0 Å². The average molecular weight is 353 g/mol. The number of nitrogens with zero attached hydrogens (tertiary/aromatic N) is 6. The molecule has 0 atom stereocenters. The van der Waals surface area contributed by atoms with Crippen molar-refractivity contribution in [3.63, 3.8) is 0 Å². The molecule has 9 nitrogen and oxygen atoms in total. The van der Waals surface area contributed by atoms with Gasteiger partial charge in [0.2, 0.25) is 5.82 Å². The number of hydrogen-bond donors (Lipinski definition) is 1. The van der Waals surface area contributed by atoms with E-state index in [1.165, 1.54) is 12.6 Å². The van der Waals surface area contributed by atoms with Gasteiger partial charge in [-0.2, -0.15) is 5.10 Å².